The van der Waals surface area contributed by atoms with E-state index in [1.54, 1.807) is 19.9 Å². The van der Waals surface area contributed by atoms with E-state index in [4.69, 9.17) is 5.26 Å². The minimum Gasteiger partial charge on any atom is -0.298 e. The molecule has 0 saturated carbocycles. The first-order chi connectivity index (χ1) is 7.45. The maximum atomic E-state index is 12.9. The van der Waals surface area contributed by atoms with Gasteiger partial charge in [0.15, 0.2) is 5.78 Å². The van der Waals surface area contributed by atoms with Crippen LogP contribution in [-0.4, -0.2) is 5.78 Å². The molecule has 0 heterocycles. The number of ketones is 1. The summed E-state index contributed by atoms with van der Waals surface area (Å²) in [5.41, 5.74) is 0.0682. The van der Waals surface area contributed by atoms with Crippen LogP contribution < -0.4 is 0 Å². The van der Waals surface area contributed by atoms with Gasteiger partial charge in [-0.25, -0.2) is 8.78 Å². The molecule has 0 fully saturated rings. The molecule has 1 aromatic carbocycles. The molecule has 0 N–H and O–H groups in total. The summed E-state index contributed by atoms with van der Waals surface area (Å²) < 4.78 is 25.9. The number of carbonyl (C=O) groups excluding carboxylic acids is 1. The number of nitriles is 1. The highest BCUT2D eigenvalue weighted by atomic mass is 19.1. The summed E-state index contributed by atoms with van der Waals surface area (Å²) in [6.07, 6.45) is 0. The second-order valence-corrected chi connectivity index (χ2v) is 3.82. The third kappa shape index (κ3) is 2.63. The fourth-order valence-electron chi connectivity index (χ4n) is 1.38. The van der Waals surface area contributed by atoms with Crippen molar-refractivity contribution in [2.24, 2.45) is 5.92 Å². The van der Waals surface area contributed by atoms with Crippen molar-refractivity contribution in [3.05, 3.63) is 35.4 Å². The van der Waals surface area contributed by atoms with Crippen LogP contribution in [0.1, 0.15) is 25.3 Å². The molecule has 0 aliphatic rings. The molecule has 0 saturated heterocycles. The first kappa shape index (κ1) is 12.3. The Hall–Kier alpha value is -1.76. The van der Waals surface area contributed by atoms with Gasteiger partial charge in [-0.1, -0.05) is 13.8 Å². The molecule has 4 heteroatoms. The zero-order valence-corrected chi connectivity index (χ0v) is 9.00. The lowest BCUT2D eigenvalue weighted by Crippen LogP contribution is -2.17. The summed E-state index contributed by atoms with van der Waals surface area (Å²) in [5.74, 6) is -3.37. The van der Waals surface area contributed by atoms with Gasteiger partial charge in [0.05, 0.1) is 6.07 Å². The topological polar surface area (TPSA) is 40.9 Å². The van der Waals surface area contributed by atoms with Gasteiger partial charge in [-0.3, -0.25) is 4.79 Å². The van der Waals surface area contributed by atoms with Crippen molar-refractivity contribution in [1.29, 1.82) is 5.26 Å². The number of nitrogens with zero attached hydrogens (tertiary/aromatic N) is 1. The zero-order valence-electron chi connectivity index (χ0n) is 9.00. The number of hydrogen-bond donors (Lipinski definition) is 0. The fourth-order valence-corrected chi connectivity index (χ4v) is 1.38. The van der Waals surface area contributed by atoms with E-state index in [1.165, 1.54) is 0 Å². The molecule has 0 amide bonds. The highest BCUT2D eigenvalue weighted by Crippen LogP contribution is 2.21. The quantitative estimate of drug-likeness (QED) is 0.790. The molecule has 0 radical (unpaired) electrons. The van der Waals surface area contributed by atoms with Crippen LogP contribution in [0.25, 0.3) is 0 Å². The molecular weight excluding hydrogens is 212 g/mol. The monoisotopic (exact) mass is 223 g/mol. The summed E-state index contributed by atoms with van der Waals surface area (Å²) in [5, 5.41) is 8.86. The molecular formula is C12H11F2NO. The Morgan fingerprint density at radius 3 is 2.12 bits per heavy atom. The predicted molar refractivity (Wildman–Crippen MR) is 54.6 cm³/mol. The Balaban J connectivity index is 3.15. The Morgan fingerprint density at radius 1 is 1.25 bits per heavy atom. The van der Waals surface area contributed by atoms with Gasteiger partial charge in [0.1, 0.15) is 17.6 Å². The number of Topliss-reactive ketones (excluding diaryl/α,β-unsaturated/α-hetero) is 1. The number of rotatable bonds is 3. The van der Waals surface area contributed by atoms with Gasteiger partial charge in [0.25, 0.3) is 0 Å². The molecule has 1 unspecified atom stereocenters. The fraction of sp³-hybridized carbons (Fsp3) is 0.333. The first-order valence-corrected chi connectivity index (χ1v) is 4.85. The predicted octanol–water partition coefficient (Wildman–Crippen LogP) is 2.80. The Kier molecular flexibility index (Phi) is 3.73. The largest absolute Gasteiger partial charge is 0.298 e. The molecule has 1 rings (SSSR count). The molecule has 0 spiro atoms. The van der Waals surface area contributed by atoms with Gasteiger partial charge in [0.2, 0.25) is 0 Å². The van der Waals surface area contributed by atoms with Crippen molar-refractivity contribution < 1.29 is 13.6 Å². The van der Waals surface area contributed by atoms with Crippen molar-refractivity contribution in [3.8, 4) is 6.07 Å². The average molecular weight is 223 g/mol. The van der Waals surface area contributed by atoms with Crippen molar-refractivity contribution in [1.82, 2.24) is 0 Å². The van der Waals surface area contributed by atoms with Crippen LogP contribution in [0.3, 0.4) is 0 Å². The summed E-state index contributed by atoms with van der Waals surface area (Å²) in [6, 6.07) is 4.50. The lowest BCUT2D eigenvalue weighted by molar-refractivity contribution is -0.122. The third-order valence-electron chi connectivity index (χ3n) is 2.20. The average Bonchev–Trinajstić information content (AvgIpc) is 2.16. The normalized spacial score (nSPS) is 12.2. The molecule has 0 aliphatic carbocycles. The van der Waals surface area contributed by atoms with Gasteiger partial charge in [0, 0.05) is 12.0 Å². The van der Waals surface area contributed by atoms with E-state index in [-0.39, 0.29) is 17.3 Å². The molecule has 1 aromatic rings. The molecule has 0 bridgehead atoms. The van der Waals surface area contributed by atoms with Crippen molar-refractivity contribution in [3.63, 3.8) is 0 Å². The van der Waals surface area contributed by atoms with Gasteiger partial charge in [-0.15, -0.1) is 0 Å². The highest BCUT2D eigenvalue weighted by molar-refractivity contribution is 5.89. The third-order valence-corrected chi connectivity index (χ3v) is 2.20. The van der Waals surface area contributed by atoms with Gasteiger partial charge in [-0.05, 0) is 17.7 Å². The number of hydrogen-bond acceptors (Lipinski definition) is 2. The van der Waals surface area contributed by atoms with Crippen LogP contribution in [-0.2, 0) is 4.79 Å². The van der Waals surface area contributed by atoms with Crippen LogP contribution in [0.4, 0.5) is 8.78 Å². The van der Waals surface area contributed by atoms with E-state index < -0.39 is 17.6 Å². The number of carbonyl (C=O) groups is 1. The van der Waals surface area contributed by atoms with Crippen LogP contribution in [0.15, 0.2) is 18.2 Å². The number of benzene rings is 1. The smallest absolute Gasteiger partial charge is 0.156 e. The van der Waals surface area contributed by atoms with Gasteiger partial charge in [-0.2, -0.15) is 5.26 Å². The Morgan fingerprint density at radius 2 is 1.75 bits per heavy atom. The Labute approximate surface area is 92.5 Å². The van der Waals surface area contributed by atoms with Gasteiger partial charge < -0.3 is 0 Å². The van der Waals surface area contributed by atoms with E-state index in [1.807, 2.05) is 0 Å². The molecule has 1 atom stereocenters. The summed E-state index contributed by atoms with van der Waals surface area (Å²) >= 11 is 0. The maximum absolute atomic E-state index is 12.9. The van der Waals surface area contributed by atoms with Crippen molar-refractivity contribution >= 4 is 5.78 Å². The molecule has 2 nitrogen and oxygen atoms in total. The minimum atomic E-state index is -1.11. The van der Waals surface area contributed by atoms with Crippen LogP contribution in [0, 0.1) is 28.9 Å². The first-order valence-electron chi connectivity index (χ1n) is 4.85. The molecule has 16 heavy (non-hydrogen) atoms. The molecule has 84 valence electrons. The summed E-state index contributed by atoms with van der Waals surface area (Å²) in [6.45, 7) is 3.28. The SMILES string of the molecule is CC(C)C(=O)C(C#N)c1cc(F)cc(F)c1. The maximum Gasteiger partial charge on any atom is 0.156 e. The van der Waals surface area contributed by atoms with Crippen molar-refractivity contribution in [2.75, 3.05) is 0 Å². The van der Waals surface area contributed by atoms with E-state index >= 15 is 0 Å². The van der Waals surface area contributed by atoms with E-state index in [2.05, 4.69) is 0 Å². The lowest BCUT2D eigenvalue weighted by Gasteiger charge is -2.11. The molecule has 0 aromatic heterocycles. The second kappa shape index (κ2) is 4.84. The van der Waals surface area contributed by atoms with Crippen LogP contribution >= 0.6 is 0 Å². The highest BCUT2D eigenvalue weighted by Gasteiger charge is 2.23. The summed E-state index contributed by atoms with van der Waals surface area (Å²) in [4.78, 5) is 11.6. The molecule has 0 aliphatic heterocycles. The van der Waals surface area contributed by atoms with Gasteiger partial charge >= 0.3 is 0 Å². The van der Waals surface area contributed by atoms with Crippen LogP contribution in [0.5, 0.6) is 0 Å². The van der Waals surface area contributed by atoms with Crippen LogP contribution in [0.2, 0.25) is 0 Å². The zero-order chi connectivity index (χ0) is 12.3. The van der Waals surface area contributed by atoms with Crippen molar-refractivity contribution in [2.45, 2.75) is 19.8 Å². The van der Waals surface area contributed by atoms with E-state index in [9.17, 15) is 13.6 Å². The summed E-state index contributed by atoms with van der Waals surface area (Å²) in [7, 11) is 0. The van der Waals surface area contributed by atoms with E-state index in [0.29, 0.717) is 6.07 Å². The Bertz CT molecular complexity index is 429. The standard InChI is InChI=1S/C12H11F2NO/c1-7(2)12(16)11(6-15)8-3-9(13)5-10(14)4-8/h3-5,7,11H,1-2H3. The van der Waals surface area contributed by atoms with E-state index in [0.717, 1.165) is 12.1 Å². The minimum absolute atomic E-state index is 0.0682. The second-order valence-electron chi connectivity index (χ2n) is 3.82. The lowest BCUT2D eigenvalue weighted by atomic mass is 9.90. The number of halogens is 2.